The number of aromatic nitrogens is 1. The van der Waals surface area contributed by atoms with Crippen molar-refractivity contribution in [1.82, 2.24) is 10.3 Å². The van der Waals surface area contributed by atoms with E-state index in [1.165, 1.54) is 5.56 Å². The Labute approximate surface area is 94.6 Å². The van der Waals surface area contributed by atoms with Gasteiger partial charge in [-0.05, 0) is 24.6 Å². The topological polar surface area (TPSA) is 47.3 Å². The molecule has 0 spiro atoms. The van der Waals surface area contributed by atoms with Gasteiger partial charge in [0, 0.05) is 13.7 Å². The van der Waals surface area contributed by atoms with E-state index in [4.69, 9.17) is 9.15 Å². The minimum atomic E-state index is 0.636. The van der Waals surface area contributed by atoms with Crippen LogP contribution < -0.4 is 5.32 Å². The van der Waals surface area contributed by atoms with Crippen molar-refractivity contribution in [3.63, 3.8) is 0 Å². The maximum Gasteiger partial charge on any atom is 0.209 e. The molecular formula is C12H16N2O2. The van der Waals surface area contributed by atoms with Gasteiger partial charge in [-0.25, -0.2) is 4.98 Å². The minimum Gasteiger partial charge on any atom is -0.439 e. The van der Waals surface area contributed by atoms with E-state index >= 15 is 0 Å². The van der Waals surface area contributed by atoms with Crippen LogP contribution in [0.3, 0.4) is 0 Å². The summed E-state index contributed by atoms with van der Waals surface area (Å²) in [5.74, 6) is 0.719. The van der Waals surface area contributed by atoms with Gasteiger partial charge in [-0.3, -0.25) is 0 Å². The van der Waals surface area contributed by atoms with Gasteiger partial charge in [0.1, 0.15) is 5.52 Å². The van der Waals surface area contributed by atoms with Crippen LogP contribution in [0.2, 0.25) is 0 Å². The number of hydrogen-bond donors (Lipinski definition) is 1. The largest absolute Gasteiger partial charge is 0.439 e. The molecule has 4 nitrogen and oxygen atoms in total. The molecule has 1 N–H and O–H groups in total. The van der Waals surface area contributed by atoms with E-state index in [0.29, 0.717) is 13.2 Å². The standard InChI is InChI=1S/C12H16N2O2/c1-9-3-4-11-10(7-9)14-12(16-11)8-13-5-6-15-2/h3-4,7,13H,5-6,8H2,1-2H3. The third-order valence-corrected chi connectivity index (χ3v) is 2.35. The number of fused-ring (bicyclic) bond motifs is 1. The summed E-state index contributed by atoms with van der Waals surface area (Å²) in [6.07, 6.45) is 0. The fourth-order valence-electron chi connectivity index (χ4n) is 1.53. The normalized spacial score (nSPS) is 11.1. The lowest BCUT2D eigenvalue weighted by Crippen LogP contribution is -2.18. The van der Waals surface area contributed by atoms with E-state index in [-0.39, 0.29) is 0 Å². The zero-order valence-electron chi connectivity index (χ0n) is 9.62. The number of benzene rings is 1. The SMILES string of the molecule is COCCNCc1nc2cc(C)ccc2o1. The van der Waals surface area contributed by atoms with Crippen LogP contribution >= 0.6 is 0 Å². The molecule has 0 bridgehead atoms. The quantitative estimate of drug-likeness (QED) is 0.781. The molecule has 4 heteroatoms. The zero-order valence-corrected chi connectivity index (χ0v) is 9.62. The maximum atomic E-state index is 5.59. The highest BCUT2D eigenvalue weighted by molar-refractivity contribution is 5.73. The minimum absolute atomic E-state index is 0.636. The van der Waals surface area contributed by atoms with E-state index < -0.39 is 0 Å². The van der Waals surface area contributed by atoms with E-state index in [9.17, 15) is 0 Å². The molecule has 0 saturated carbocycles. The molecule has 0 radical (unpaired) electrons. The second-order valence-electron chi connectivity index (χ2n) is 3.75. The average molecular weight is 220 g/mol. The van der Waals surface area contributed by atoms with Crippen LogP contribution in [-0.4, -0.2) is 25.2 Å². The third-order valence-electron chi connectivity index (χ3n) is 2.35. The van der Waals surface area contributed by atoms with Crippen molar-refractivity contribution in [2.75, 3.05) is 20.3 Å². The lowest BCUT2D eigenvalue weighted by Gasteiger charge is -1.99. The first-order valence-corrected chi connectivity index (χ1v) is 5.35. The van der Waals surface area contributed by atoms with Crippen LogP contribution in [-0.2, 0) is 11.3 Å². The molecule has 1 heterocycles. The Kier molecular flexibility index (Phi) is 3.54. The van der Waals surface area contributed by atoms with Crippen molar-refractivity contribution in [3.8, 4) is 0 Å². The van der Waals surface area contributed by atoms with Crippen LogP contribution in [0.15, 0.2) is 22.6 Å². The monoisotopic (exact) mass is 220 g/mol. The molecule has 0 amide bonds. The Bertz CT molecular complexity index is 465. The van der Waals surface area contributed by atoms with Crippen LogP contribution in [0.4, 0.5) is 0 Å². The maximum absolute atomic E-state index is 5.59. The lowest BCUT2D eigenvalue weighted by atomic mass is 10.2. The highest BCUT2D eigenvalue weighted by Crippen LogP contribution is 2.16. The summed E-state index contributed by atoms with van der Waals surface area (Å²) in [6, 6.07) is 6.00. The highest BCUT2D eigenvalue weighted by Gasteiger charge is 2.04. The van der Waals surface area contributed by atoms with Crippen molar-refractivity contribution in [2.45, 2.75) is 13.5 Å². The van der Waals surface area contributed by atoms with E-state index in [1.54, 1.807) is 7.11 Å². The lowest BCUT2D eigenvalue weighted by molar-refractivity contribution is 0.198. The van der Waals surface area contributed by atoms with E-state index in [2.05, 4.69) is 10.3 Å². The summed E-state index contributed by atoms with van der Waals surface area (Å²) in [7, 11) is 1.68. The summed E-state index contributed by atoms with van der Waals surface area (Å²) in [5.41, 5.74) is 2.96. The first-order chi connectivity index (χ1) is 7.79. The van der Waals surface area contributed by atoms with Crippen molar-refractivity contribution in [1.29, 1.82) is 0 Å². The van der Waals surface area contributed by atoms with Crippen LogP contribution in [0.1, 0.15) is 11.5 Å². The Morgan fingerprint density at radius 1 is 1.44 bits per heavy atom. The number of oxazole rings is 1. The number of nitrogens with one attached hydrogen (secondary N) is 1. The Balaban J connectivity index is 2.02. The number of hydrogen-bond acceptors (Lipinski definition) is 4. The second-order valence-corrected chi connectivity index (χ2v) is 3.75. The molecule has 0 unspecified atom stereocenters. The second kappa shape index (κ2) is 5.09. The third kappa shape index (κ3) is 2.59. The molecule has 0 saturated heterocycles. The van der Waals surface area contributed by atoms with Crippen LogP contribution in [0.25, 0.3) is 11.1 Å². The van der Waals surface area contributed by atoms with Gasteiger partial charge in [-0.15, -0.1) is 0 Å². The predicted octanol–water partition coefficient (Wildman–Crippen LogP) is 1.87. The van der Waals surface area contributed by atoms with Gasteiger partial charge in [0.2, 0.25) is 5.89 Å². The smallest absolute Gasteiger partial charge is 0.209 e. The van der Waals surface area contributed by atoms with Crippen LogP contribution in [0.5, 0.6) is 0 Å². The Morgan fingerprint density at radius 2 is 2.31 bits per heavy atom. The summed E-state index contributed by atoms with van der Waals surface area (Å²) < 4.78 is 10.5. The van der Waals surface area contributed by atoms with Gasteiger partial charge in [-0.1, -0.05) is 6.07 Å². The fourth-order valence-corrected chi connectivity index (χ4v) is 1.53. The van der Waals surface area contributed by atoms with Crippen molar-refractivity contribution in [3.05, 3.63) is 29.7 Å². The van der Waals surface area contributed by atoms with Crippen molar-refractivity contribution < 1.29 is 9.15 Å². The van der Waals surface area contributed by atoms with Gasteiger partial charge < -0.3 is 14.5 Å². The molecule has 2 aromatic rings. The molecule has 0 aliphatic rings. The van der Waals surface area contributed by atoms with E-state index in [0.717, 1.165) is 23.5 Å². The molecule has 1 aromatic carbocycles. The summed E-state index contributed by atoms with van der Waals surface area (Å²) in [6.45, 7) is 4.18. The van der Waals surface area contributed by atoms with Crippen molar-refractivity contribution >= 4 is 11.1 Å². The first-order valence-electron chi connectivity index (χ1n) is 5.35. The summed E-state index contributed by atoms with van der Waals surface area (Å²) >= 11 is 0. The molecule has 0 fully saturated rings. The molecule has 16 heavy (non-hydrogen) atoms. The number of aryl methyl sites for hydroxylation is 1. The zero-order chi connectivity index (χ0) is 11.4. The molecule has 86 valence electrons. The van der Waals surface area contributed by atoms with Crippen LogP contribution in [0, 0.1) is 6.92 Å². The molecule has 0 aliphatic heterocycles. The van der Waals surface area contributed by atoms with Gasteiger partial charge in [0.15, 0.2) is 5.58 Å². The van der Waals surface area contributed by atoms with Crippen molar-refractivity contribution in [2.24, 2.45) is 0 Å². The molecule has 1 aromatic heterocycles. The Morgan fingerprint density at radius 3 is 3.12 bits per heavy atom. The predicted molar refractivity (Wildman–Crippen MR) is 62.3 cm³/mol. The first kappa shape index (κ1) is 11.1. The molecule has 2 rings (SSSR count). The molecule has 0 aliphatic carbocycles. The Hall–Kier alpha value is -1.39. The van der Waals surface area contributed by atoms with E-state index in [1.807, 2.05) is 25.1 Å². The highest BCUT2D eigenvalue weighted by atomic mass is 16.5. The molecule has 0 atom stereocenters. The van der Waals surface area contributed by atoms with Gasteiger partial charge >= 0.3 is 0 Å². The van der Waals surface area contributed by atoms with Gasteiger partial charge in [0.25, 0.3) is 0 Å². The number of ether oxygens (including phenoxy) is 1. The fraction of sp³-hybridized carbons (Fsp3) is 0.417. The molecular weight excluding hydrogens is 204 g/mol. The number of nitrogens with zero attached hydrogens (tertiary/aromatic N) is 1. The van der Waals surface area contributed by atoms with Gasteiger partial charge in [0.05, 0.1) is 13.2 Å². The number of methoxy groups -OCH3 is 1. The summed E-state index contributed by atoms with van der Waals surface area (Å²) in [4.78, 5) is 4.40. The summed E-state index contributed by atoms with van der Waals surface area (Å²) in [5, 5.41) is 3.20. The van der Waals surface area contributed by atoms with Gasteiger partial charge in [-0.2, -0.15) is 0 Å². The average Bonchev–Trinajstić information content (AvgIpc) is 2.66. The number of rotatable bonds is 5.